The lowest BCUT2D eigenvalue weighted by Crippen LogP contribution is -2.09. The monoisotopic (exact) mass is 393 g/mol. The average molecular weight is 394 g/mol. The first-order valence-electron chi connectivity index (χ1n) is 7.73. The van der Waals surface area contributed by atoms with E-state index in [1.807, 2.05) is 0 Å². The fourth-order valence-corrected chi connectivity index (χ4v) is 3.02. The second-order valence-electron chi connectivity index (χ2n) is 5.76. The summed E-state index contributed by atoms with van der Waals surface area (Å²) in [5.41, 5.74) is 0.354. The Bertz CT molecular complexity index is 1190. The molecule has 0 aliphatic heterocycles. The van der Waals surface area contributed by atoms with E-state index in [1.54, 1.807) is 19.1 Å². The zero-order chi connectivity index (χ0) is 19.3. The molecule has 4 rings (SSSR count). The maximum atomic E-state index is 13.6. The van der Waals surface area contributed by atoms with Crippen LogP contribution in [0.4, 0.5) is 13.2 Å². The molecule has 138 valence electrons. The molecular weight excluding hydrogens is 383 g/mol. The number of fused-ring (bicyclic) bond motifs is 3. The first-order chi connectivity index (χ1) is 12.8. The third-order valence-electron chi connectivity index (χ3n) is 4.05. The highest BCUT2D eigenvalue weighted by Gasteiger charge is 2.35. The van der Waals surface area contributed by atoms with E-state index in [2.05, 4.69) is 20.2 Å². The number of aryl methyl sites for hydroxylation is 1. The van der Waals surface area contributed by atoms with Crippen LogP contribution in [-0.2, 0) is 6.18 Å². The Morgan fingerprint density at radius 2 is 1.81 bits per heavy atom. The number of halogens is 4. The zero-order valence-electron chi connectivity index (χ0n) is 14.0. The summed E-state index contributed by atoms with van der Waals surface area (Å²) < 4.78 is 47.2. The number of hydrogen-bond acceptors (Lipinski definition) is 5. The number of alkyl halides is 3. The lowest BCUT2D eigenvalue weighted by Gasteiger charge is -2.13. The van der Waals surface area contributed by atoms with E-state index in [0.717, 1.165) is 6.07 Å². The minimum atomic E-state index is -4.58. The molecule has 10 heteroatoms. The third kappa shape index (κ3) is 2.84. The van der Waals surface area contributed by atoms with E-state index in [4.69, 9.17) is 16.3 Å². The average Bonchev–Trinajstić information content (AvgIpc) is 2.97. The molecule has 0 amide bonds. The number of nitrogens with zero attached hydrogens (tertiary/aromatic N) is 5. The summed E-state index contributed by atoms with van der Waals surface area (Å²) in [5, 5.41) is 8.30. The fourth-order valence-electron chi connectivity index (χ4n) is 2.85. The second kappa shape index (κ2) is 6.05. The molecule has 0 bridgehead atoms. The summed E-state index contributed by atoms with van der Waals surface area (Å²) in [5.74, 6) is 0.314. The number of hydrogen-bond donors (Lipinski definition) is 0. The van der Waals surface area contributed by atoms with Gasteiger partial charge < -0.3 is 4.74 Å². The highest BCUT2D eigenvalue weighted by Crippen LogP contribution is 2.39. The van der Waals surface area contributed by atoms with Crippen molar-refractivity contribution in [2.75, 3.05) is 7.11 Å². The van der Waals surface area contributed by atoms with Crippen LogP contribution in [0.2, 0.25) is 5.02 Å². The Morgan fingerprint density at radius 1 is 1.04 bits per heavy atom. The third-order valence-corrected chi connectivity index (χ3v) is 4.29. The molecule has 0 fully saturated rings. The van der Waals surface area contributed by atoms with Crippen LogP contribution in [-0.4, -0.2) is 31.7 Å². The Kier molecular flexibility index (Phi) is 3.92. The van der Waals surface area contributed by atoms with E-state index in [0.29, 0.717) is 16.9 Å². The number of rotatable bonds is 2. The topological polar surface area (TPSA) is 65.2 Å². The number of imidazole rings is 1. The molecule has 0 spiro atoms. The Morgan fingerprint density at radius 3 is 2.52 bits per heavy atom. The summed E-state index contributed by atoms with van der Waals surface area (Å²) in [4.78, 5) is 8.62. The van der Waals surface area contributed by atoms with E-state index in [1.165, 1.54) is 23.6 Å². The van der Waals surface area contributed by atoms with E-state index >= 15 is 0 Å². The van der Waals surface area contributed by atoms with Gasteiger partial charge in [0.1, 0.15) is 11.3 Å². The summed E-state index contributed by atoms with van der Waals surface area (Å²) in [6, 6.07) is 6.56. The number of pyridine rings is 1. The summed E-state index contributed by atoms with van der Waals surface area (Å²) in [7, 11) is 1.44. The highest BCUT2D eigenvalue weighted by molar-refractivity contribution is 6.30. The smallest absolute Gasteiger partial charge is 0.417 e. The maximum Gasteiger partial charge on any atom is 0.417 e. The lowest BCUT2D eigenvalue weighted by molar-refractivity contribution is -0.137. The number of ether oxygens (including phenoxy) is 1. The molecule has 0 atom stereocenters. The molecule has 0 N–H and O–H groups in total. The van der Waals surface area contributed by atoms with Crippen molar-refractivity contribution in [3.63, 3.8) is 0 Å². The van der Waals surface area contributed by atoms with Crippen molar-refractivity contribution in [3.05, 3.63) is 46.6 Å². The van der Waals surface area contributed by atoms with Crippen LogP contribution in [0.1, 0.15) is 11.3 Å². The zero-order valence-corrected chi connectivity index (χ0v) is 14.8. The van der Waals surface area contributed by atoms with Gasteiger partial charge in [0.2, 0.25) is 5.88 Å². The van der Waals surface area contributed by atoms with Gasteiger partial charge in [-0.1, -0.05) is 11.6 Å². The molecule has 4 aromatic rings. The van der Waals surface area contributed by atoms with Crippen molar-refractivity contribution in [3.8, 4) is 17.3 Å². The number of benzene rings is 1. The van der Waals surface area contributed by atoms with E-state index < -0.39 is 11.7 Å². The lowest BCUT2D eigenvalue weighted by atomic mass is 10.1. The van der Waals surface area contributed by atoms with Gasteiger partial charge in [0, 0.05) is 16.7 Å². The molecule has 0 radical (unpaired) electrons. The maximum absolute atomic E-state index is 13.6. The standard InChI is InChI=1S/C17H11ClF3N5O/c1-8-14-25-24-12-5-6-13(27-2)23-16(12)26(14)15(22-8)10-7-9(18)3-4-11(10)17(19,20)21/h3-7H,1-2H3. The van der Waals surface area contributed by atoms with Crippen molar-refractivity contribution in [1.82, 2.24) is 24.6 Å². The molecular formula is C17H11ClF3N5O. The van der Waals surface area contributed by atoms with E-state index in [-0.39, 0.29) is 27.9 Å². The molecule has 0 saturated carbocycles. The Hall–Kier alpha value is -2.94. The summed E-state index contributed by atoms with van der Waals surface area (Å²) in [6.07, 6.45) is -4.58. The van der Waals surface area contributed by atoms with Crippen LogP contribution < -0.4 is 4.74 Å². The number of methoxy groups -OCH3 is 1. The van der Waals surface area contributed by atoms with Crippen molar-refractivity contribution < 1.29 is 17.9 Å². The molecule has 0 unspecified atom stereocenters. The minimum absolute atomic E-state index is 0.0259. The molecule has 0 saturated heterocycles. The van der Waals surface area contributed by atoms with Crippen LogP contribution >= 0.6 is 11.6 Å². The molecule has 3 heterocycles. The quantitative estimate of drug-likeness (QED) is 0.507. The SMILES string of the molecule is COc1ccc2nnc3c(C)nc(-c4cc(Cl)ccc4C(F)(F)F)n3c2n1. The predicted molar refractivity (Wildman–Crippen MR) is 92.8 cm³/mol. The largest absolute Gasteiger partial charge is 0.481 e. The highest BCUT2D eigenvalue weighted by atomic mass is 35.5. The fraction of sp³-hybridized carbons (Fsp3) is 0.176. The van der Waals surface area contributed by atoms with Gasteiger partial charge >= 0.3 is 6.18 Å². The van der Waals surface area contributed by atoms with Gasteiger partial charge in [0.15, 0.2) is 11.3 Å². The van der Waals surface area contributed by atoms with Crippen LogP contribution in [0.25, 0.3) is 28.2 Å². The van der Waals surface area contributed by atoms with Gasteiger partial charge in [0.05, 0.1) is 18.4 Å². The van der Waals surface area contributed by atoms with Gasteiger partial charge in [-0.15, -0.1) is 10.2 Å². The molecule has 0 aliphatic rings. The van der Waals surface area contributed by atoms with Crippen molar-refractivity contribution in [1.29, 1.82) is 0 Å². The normalized spacial score (nSPS) is 12.1. The first-order valence-corrected chi connectivity index (χ1v) is 8.11. The van der Waals surface area contributed by atoms with Crippen molar-refractivity contribution in [2.45, 2.75) is 13.1 Å². The molecule has 6 nitrogen and oxygen atoms in total. The molecule has 0 aliphatic carbocycles. The van der Waals surface area contributed by atoms with Gasteiger partial charge in [-0.25, -0.2) is 4.98 Å². The van der Waals surface area contributed by atoms with Gasteiger partial charge in [-0.05, 0) is 31.2 Å². The van der Waals surface area contributed by atoms with Crippen LogP contribution in [0.5, 0.6) is 5.88 Å². The second-order valence-corrected chi connectivity index (χ2v) is 6.20. The van der Waals surface area contributed by atoms with Gasteiger partial charge in [-0.3, -0.25) is 4.40 Å². The minimum Gasteiger partial charge on any atom is -0.481 e. The predicted octanol–water partition coefficient (Wildman–Crippen LogP) is 4.33. The van der Waals surface area contributed by atoms with Crippen molar-refractivity contribution in [2.24, 2.45) is 0 Å². The summed E-state index contributed by atoms with van der Waals surface area (Å²) in [6.45, 7) is 1.64. The van der Waals surface area contributed by atoms with Crippen molar-refractivity contribution >= 4 is 28.4 Å². The molecule has 1 aromatic carbocycles. The molecule has 3 aromatic heterocycles. The van der Waals surface area contributed by atoms with Gasteiger partial charge in [0.25, 0.3) is 0 Å². The van der Waals surface area contributed by atoms with Crippen LogP contribution in [0, 0.1) is 6.92 Å². The van der Waals surface area contributed by atoms with Gasteiger partial charge in [-0.2, -0.15) is 18.2 Å². The Balaban J connectivity index is 2.15. The summed E-state index contributed by atoms with van der Waals surface area (Å²) >= 11 is 5.97. The first kappa shape index (κ1) is 17.5. The van der Waals surface area contributed by atoms with Crippen LogP contribution in [0.15, 0.2) is 30.3 Å². The van der Waals surface area contributed by atoms with E-state index in [9.17, 15) is 13.2 Å². The molecule has 27 heavy (non-hydrogen) atoms. The Labute approximate surface area is 155 Å². The van der Waals surface area contributed by atoms with Crippen LogP contribution in [0.3, 0.4) is 0 Å². The number of aromatic nitrogens is 5.